The Kier molecular flexibility index (Phi) is 1.38. The summed E-state index contributed by atoms with van der Waals surface area (Å²) in [4.78, 5) is 13.4. The van der Waals surface area contributed by atoms with Crippen LogP contribution in [0.1, 0.15) is 18.9 Å². The minimum Gasteiger partial charge on any atom is -0.385 e. The summed E-state index contributed by atoms with van der Waals surface area (Å²) in [5, 5.41) is 9.84. The van der Waals surface area contributed by atoms with E-state index >= 15 is 0 Å². The van der Waals surface area contributed by atoms with Crippen LogP contribution in [-0.4, -0.2) is 10.1 Å². The summed E-state index contributed by atoms with van der Waals surface area (Å²) in [5.74, 6) is 0.277. The van der Waals surface area contributed by atoms with Gasteiger partial charge in [0.15, 0.2) is 0 Å². The van der Waals surface area contributed by atoms with Crippen molar-refractivity contribution in [1.82, 2.24) is 4.98 Å². The van der Waals surface area contributed by atoms with E-state index in [1.807, 2.05) is 6.92 Å². The summed E-state index contributed by atoms with van der Waals surface area (Å²) >= 11 is 0. The molecule has 0 amide bonds. The molecule has 0 bridgehead atoms. The van der Waals surface area contributed by atoms with Gasteiger partial charge >= 0.3 is 0 Å². The van der Waals surface area contributed by atoms with Crippen LogP contribution in [0.4, 0.5) is 0 Å². The Bertz CT molecular complexity index is 358. The highest BCUT2D eigenvalue weighted by Gasteiger charge is 2.50. The van der Waals surface area contributed by atoms with Crippen molar-refractivity contribution in [3.05, 3.63) is 34.2 Å². The van der Waals surface area contributed by atoms with Crippen LogP contribution >= 0.6 is 0 Å². The smallest absolute Gasteiger partial charge is 0.248 e. The van der Waals surface area contributed by atoms with Crippen molar-refractivity contribution in [3.8, 4) is 0 Å². The van der Waals surface area contributed by atoms with Crippen molar-refractivity contribution in [2.24, 2.45) is 5.92 Å². The van der Waals surface area contributed by atoms with Gasteiger partial charge in [0.25, 0.3) is 0 Å². The fraction of sp³-hybridized carbons (Fsp3) is 0.444. The molecule has 12 heavy (non-hydrogen) atoms. The fourth-order valence-electron chi connectivity index (χ4n) is 1.52. The highest BCUT2D eigenvalue weighted by Crippen LogP contribution is 2.50. The number of rotatable bonds is 1. The first kappa shape index (κ1) is 7.55. The molecule has 2 N–H and O–H groups in total. The summed E-state index contributed by atoms with van der Waals surface area (Å²) in [6.45, 7) is 1.97. The Morgan fingerprint density at radius 2 is 2.42 bits per heavy atom. The maximum absolute atomic E-state index is 10.9. The number of aromatic nitrogens is 1. The highest BCUT2D eigenvalue weighted by molar-refractivity contribution is 5.26. The van der Waals surface area contributed by atoms with E-state index in [-0.39, 0.29) is 11.5 Å². The van der Waals surface area contributed by atoms with Gasteiger partial charge in [0.05, 0.1) is 5.60 Å². The molecule has 0 spiro atoms. The molecule has 1 fully saturated rings. The summed E-state index contributed by atoms with van der Waals surface area (Å²) in [5.41, 5.74) is -0.146. The molecule has 1 aromatic rings. The first-order valence-corrected chi connectivity index (χ1v) is 4.04. The Balaban J connectivity index is 2.42. The minimum absolute atomic E-state index is 0.153. The number of H-pyrrole nitrogens is 1. The SMILES string of the molecule is CC1CC1(O)c1cc[nH]c(=O)c1. The van der Waals surface area contributed by atoms with E-state index in [1.54, 1.807) is 12.3 Å². The van der Waals surface area contributed by atoms with Gasteiger partial charge in [-0.2, -0.15) is 0 Å². The fourth-order valence-corrected chi connectivity index (χ4v) is 1.52. The maximum Gasteiger partial charge on any atom is 0.248 e. The van der Waals surface area contributed by atoms with Crippen molar-refractivity contribution in [3.63, 3.8) is 0 Å². The lowest BCUT2D eigenvalue weighted by molar-refractivity contribution is 0.134. The number of pyridine rings is 1. The molecule has 3 nitrogen and oxygen atoms in total. The molecule has 3 heteroatoms. The Morgan fingerprint density at radius 3 is 2.92 bits per heavy atom. The van der Waals surface area contributed by atoms with Gasteiger partial charge in [0.1, 0.15) is 0 Å². The summed E-state index contributed by atoms with van der Waals surface area (Å²) < 4.78 is 0. The van der Waals surface area contributed by atoms with E-state index in [0.717, 1.165) is 12.0 Å². The van der Waals surface area contributed by atoms with Crippen LogP contribution in [0.2, 0.25) is 0 Å². The molecule has 0 aromatic carbocycles. The highest BCUT2D eigenvalue weighted by atomic mass is 16.3. The lowest BCUT2D eigenvalue weighted by Gasteiger charge is -2.07. The van der Waals surface area contributed by atoms with Gasteiger partial charge in [-0.05, 0) is 24.0 Å². The van der Waals surface area contributed by atoms with E-state index in [2.05, 4.69) is 4.98 Å². The molecule has 1 heterocycles. The monoisotopic (exact) mass is 165 g/mol. The second-order valence-electron chi connectivity index (χ2n) is 3.47. The van der Waals surface area contributed by atoms with Crippen molar-refractivity contribution < 1.29 is 5.11 Å². The molecule has 64 valence electrons. The number of hydrogen-bond acceptors (Lipinski definition) is 2. The molecule has 2 atom stereocenters. The van der Waals surface area contributed by atoms with Crippen LogP contribution in [0.15, 0.2) is 23.1 Å². The first-order chi connectivity index (χ1) is 5.63. The lowest BCUT2D eigenvalue weighted by atomic mass is 10.1. The van der Waals surface area contributed by atoms with E-state index < -0.39 is 5.60 Å². The van der Waals surface area contributed by atoms with Crippen LogP contribution in [0.5, 0.6) is 0 Å². The van der Waals surface area contributed by atoms with Crippen LogP contribution in [0.3, 0.4) is 0 Å². The van der Waals surface area contributed by atoms with Crippen LogP contribution in [-0.2, 0) is 5.60 Å². The van der Waals surface area contributed by atoms with Gasteiger partial charge in [0.2, 0.25) is 5.56 Å². The molecule has 0 radical (unpaired) electrons. The van der Waals surface area contributed by atoms with Crippen LogP contribution in [0, 0.1) is 5.92 Å². The van der Waals surface area contributed by atoms with Crippen molar-refractivity contribution in [2.75, 3.05) is 0 Å². The Labute approximate surface area is 70.1 Å². The quantitative estimate of drug-likeness (QED) is 0.640. The minimum atomic E-state index is -0.728. The zero-order chi connectivity index (χ0) is 8.77. The third-order valence-corrected chi connectivity index (χ3v) is 2.55. The summed E-state index contributed by atoms with van der Waals surface area (Å²) in [6.07, 6.45) is 2.33. The first-order valence-electron chi connectivity index (χ1n) is 4.04. The second kappa shape index (κ2) is 2.20. The zero-order valence-corrected chi connectivity index (χ0v) is 6.87. The molecular weight excluding hydrogens is 154 g/mol. The second-order valence-corrected chi connectivity index (χ2v) is 3.47. The van der Waals surface area contributed by atoms with Crippen molar-refractivity contribution >= 4 is 0 Å². The van der Waals surface area contributed by atoms with Crippen molar-refractivity contribution in [2.45, 2.75) is 18.9 Å². The molecular formula is C9H11NO2. The van der Waals surface area contributed by atoms with Gasteiger partial charge in [0, 0.05) is 12.3 Å². The van der Waals surface area contributed by atoms with E-state index in [0.29, 0.717) is 0 Å². The summed E-state index contributed by atoms with van der Waals surface area (Å²) in [7, 11) is 0. The van der Waals surface area contributed by atoms with E-state index in [9.17, 15) is 9.90 Å². The molecule has 1 saturated carbocycles. The number of aromatic amines is 1. The van der Waals surface area contributed by atoms with Gasteiger partial charge in [-0.15, -0.1) is 0 Å². The van der Waals surface area contributed by atoms with Crippen molar-refractivity contribution in [1.29, 1.82) is 0 Å². The standard InChI is InChI=1S/C9H11NO2/c1-6-5-9(6,12)7-2-3-10-8(11)4-7/h2-4,6,12H,5H2,1H3,(H,10,11). The normalized spacial score (nSPS) is 33.3. The molecule has 0 saturated heterocycles. The molecule has 2 unspecified atom stereocenters. The molecule has 0 aliphatic heterocycles. The Morgan fingerprint density at radius 1 is 1.75 bits per heavy atom. The van der Waals surface area contributed by atoms with Gasteiger partial charge in [-0.25, -0.2) is 0 Å². The third-order valence-electron chi connectivity index (χ3n) is 2.55. The van der Waals surface area contributed by atoms with E-state index in [4.69, 9.17) is 0 Å². The van der Waals surface area contributed by atoms with E-state index in [1.165, 1.54) is 6.07 Å². The predicted octanol–water partition coefficient (Wildman–Crippen LogP) is 0.602. The van der Waals surface area contributed by atoms with Gasteiger partial charge in [-0.1, -0.05) is 6.92 Å². The average Bonchev–Trinajstić information content (AvgIpc) is 2.61. The molecule has 1 aliphatic rings. The predicted molar refractivity (Wildman–Crippen MR) is 44.7 cm³/mol. The van der Waals surface area contributed by atoms with Gasteiger partial charge < -0.3 is 10.1 Å². The van der Waals surface area contributed by atoms with Crippen LogP contribution < -0.4 is 5.56 Å². The maximum atomic E-state index is 10.9. The molecule has 1 aromatic heterocycles. The molecule has 2 rings (SSSR count). The average molecular weight is 165 g/mol. The topological polar surface area (TPSA) is 53.1 Å². The zero-order valence-electron chi connectivity index (χ0n) is 6.87. The number of nitrogens with one attached hydrogen (secondary N) is 1. The van der Waals surface area contributed by atoms with Crippen LogP contribution in [0.25, 0.3) is 0 Å². The molecule has 1 aliphatic carbocycles. The summed E-state index contributed by atoms with van der Waals surface area (Å²) in [6, 6.07) is 3.22. The third kappa shape index (κ3) is 0.975. The van der Waals surface area contributed by atoms with Gasteiger partial charge in [-0.3, -0.25) is 4.79 Å². The Hall–Kier alpha value is -1.09. The largest absolute Gasteiger partial charge is 0.385 e. The number of hydrogen-bond donors (Lipinski definition) is 2. The number of aliphatic hydroxyl groups is 1. The lowest BCUT2D eigenvalue weighted by Crippen LogP contribution is -2.13.